The maximum atomic E-state index is 15.1. The summed E-state index contributed by atoms with van der Waals surface area (Å²) in [4.78, 5) is 19.0. The zero-order valence-corrected chi connectivity index (χ0v) is 22.7. The molecule has 0 bridgehead atoms. The highest BCUT2D eigenvalue weighted by atomic mass is 32.2. The number of benzene rings is 2. The molecule has 4 aromatic rings. The van der Waals surface area contributed by atoms with E-state index in [0.29, 0.717) is 5.56 Å². The lowest BCUT2D eigenvalue weighted by Crippen LogP contribution is -2.29. The fourth-order valence-electron chi connectivity index (χ4n) is 4.16. The molecule has 0 radical (unpaired) electrons. The van der Waals surface area contributed by atoms with Crippen LogP contribution in [0.1, 0.15) is 31.3 Å². The van der Waals surface area contributed by atoms with E-state index >= 15 is 4.39 Å². The van der Waals surface area contributed by atoms with E-state index in [2.05, 4.69) is 9.97 Å². The molecular formula is C28H27F2N3O6S. The molecule has 4 rings (SSSR count). The Balaban J connectivity index is 1.89. The van der Waals surface area contributed by atoms with Crippen LogP contribution in [0.3, 0.4) is 0 Å². The highest BCUT2D eigenvalue weighted by Crippen LogP contribution is 2.33. The van der Waals surface area contributed by atoms with Crippen LogP contribution >= 0.6 is 0 Å². The van der Waals surface area contributed by atoms with Crippen LogP contribution in [-0.4, -0.2) is 47.9 Å². The second-order valence-electron chi connectivity index (χ2n) is 9.11. The Morgan fingerprint density at radius 2 is 1.77 bits per heavy atom. The SMILES string of the molecule is COCC(c1ccccc1)n1c(COC(C)C)nc(=O)c(S(=O)(=O)c2ccc(-c3ccc(F)nc3)c(F)c2)c1O. The first kappa shape index (κ1) is 29.0. The van der Waals surface area contributed by atoms with E-state index in [0.717, 1.165) is 24.4 Å². The lowest BCUT2D eigenvalue weighted by atomic mass is 10.1. The van der Waals surface area contributed by atoms with Crippen molar-refractivity contribution >= 4 is 9.84 Å². The number of rotatable bonds is 10. The fraction of sp³-hybridized carbons (Fsp3) is 0.250. The van der Waals surface area contributed by atoms with Crippen molar-refractivity contribution in [2.75, 3.05) is 13.7 Å². The number of methoxy groups -OCH3 is 1. The van der Waals surface area contributed by atoms with Crippen molar-refractivity contribution in [3.63, 3.8) is 0 Å². The number of aromatic nitrogens is 3. The monoisotopic (exact) mass is 571 g/mol. The summed E-state index contributed by atoms with van der Waals surface area (Å²) in [6.07, 6.45) is 0.847. The van der Waals surface area contributed by atoms with Crippen molar-refractivity contribution in [3.05, 3.63) is 100 Å². The molecule has 0 aliphatic carbocycles. The summed E-state index contributed by atoms with van der Waals surface area (Å²) < 4.78 is 67.8. The number of nitrogens with zero attached hydrogens (tertiary/aromatic N) is 3. The van der Waals surface area contributed by atoms with Gasteiger partial charge in [-0.15, -0.1) is 0 Å². The molecule has 0 saturated carbocycles. The zero-order valence-electron chi connectivity index (χ0n) is 21.9. The van der Waals surface area contributed by atoms with Gasteiger partial charge in [0.15, 0.2) is 4.90 Å². The van der Waals surface area contributed by atoms with E-state index in [9.17, 15) is 22.7 Å². The van der Waals surface area contributed by atoms with Crippen LogP contribution in [0.5, 0.6) is 5.88 Å². The number of ether oxygens (including phenoxy) is 2. The molecule has 2 heterocycles. The Bertz CT molecular complexity index is 1660. The molecule has 0 spiro atoms. The molecule has 0 aliphatic rings. The van der Waals surface area contributed by atoms with E-state index in [-0.39, 0.29) is 36.3 Å². The van der Waals surface area contributed by atoms with Gasteiger partial charge in [-0.3, -0.25) is 9.36 Å². The maximum absolute atomic E-state index is 15.1. The third-order valence-electron chi connectivity index (χ3n) is 6.06. The molecule has 40 heavy (non-hydrogen) atoms. The van der Waals surface area contributed by atoms with Crippen molar-refractivity contribution in [2.24, 2.45) is 0 Å². The first-order valence-electron chi connectivity index (χ1n) is 12.2. The Morgan fingerprint density at radius 3 is 2.38 bits per heavy atom. The van der Waals surface area contributed by atoms with Gasteiger partial charge in [0.2, 0.25) is 21.7 Å². The number of hydrogen-bond donors (Lipinski definition) is 1. The topological polar surface area (TPSA) is 121 Å². The maximum Gasteiger partial charge on any atom is 0.296 e. The molecule has 2 aromatic heterocycles. The minimum Gasteiger partial charge on any atom is -0.493 e. The number of sulfone groups is 1. The average Bonchev–Trinajstić information content (AvgIpc) is 2.92. The van der Waals surface area contributed by atoms with Crippen LogP contribution in [0.15, 0.2) is 81.4 Å². The van der Waals surface area contributed by atoms with Crippen LogP contribution in [-0.2, 0) is 25.9 Å². The molecule has 9 nitrogen and oxygen atoms in total. The highest BCUT2D eigenvalue weighted by Gasteiger charge is 2.33. The molecule has 0 amide bonds. The molecule has 1 atom stereocenters. The third kappa shape index (κ3) is 5.93. The Labute approximate surface area is 229 Å². The molecule has 2 aromatic carbocycles. The normalized spacial score (nSPS) is 12.6. The third-order valence-corrected chi connectivity index (χ3v) is 7.83. The van der Waals surface area contributed by atoms with E-state index in [1.54, 1.807) is 44.2 Å². The quantitative estimate of drug-likeness (QED) is 0.280. The van der Waals surface area contributed by atoms with Gasteiger partial charge in [-0.1, -0.05) is 36.4 Å². The van der Waals surface area contributed by atoms with Gasteiger partial charge < -0.3 is 14.6 Å². The van der Waals surface area contributed by atoms with Crippen molar-refractivity contribution in [2.45, 2.75) is 42.4 Å². The summed E-state index contributed by atoms with van der Waals surface area (Å²) in [5, 5.41) is 11.4. The minimum absolute atomic E-state index is 0.00861. The lowest BCUT2D eigenvalue weighted by Gasteiger charge is -2.26. The van der Waals surface area contributed by atoms with E-state index in [1.807, 2.05) is 0 Å². The molecule has 210 valence electrons. The number of hydrogen-bond acceptors (Lipinski definition) is 8. The van der Waals surface area contributed by atoms with Crippen LogP contribution in [0.4, 0.5) is 8.78 Å². The van der Waals surface area contributed by atoms with Crippen molar-refractivity contribution in [1.82, 2.24) is 14.5 Å². The summed E-state index contributed by atoms with van der Waals surface area (Å²) in [7, 11) is -3.34. The van der Waals surface area contributed by atoms with Gasteiger partial charge in [-0.25, -0.2) is 17.8 Å². The smallest absolute Gasteiger partial charge is 0.296 e. The van der Waals surface area contributed by atoms with Crippen LogP contribution < -0.4 is 5.56 Å². The summed E-state index contributed by atoms with van der Waals surface area (Å²) in [5.41, 5.74) is -0.402. The lowest BCUT2D eigenvalue weighted by molar-refractivity contribution is 0.0554. The number of pyridine rings is 1. The minimum atomic E-state index is -4.77. The Morgan fingerprint density at radius 1 is 1.05 bits per heavy atom. The van der Waals surface area contributed by atoms with Crippen molar-refractivity contribution in [3.8, 4) is 17.0 Å². The van der Waals surface area contributed by atoms with Crippen LogP contribution in [0, 0.1) is 11.8 Å². The highest BCUT2D eigenvalue weighted by molar-refractivity contribution is 7.91. The Hall–Kier alpha value is -4.00. The molecule has 1 N–H and O–H groups in total. The number of aromatic hydroxyl groups is 1. The van der Waals surface area contributed by atoms with Crippen LogP contribution in [0.2, 0.25) is 0 Å². The second-order valence-corrected chi connectivity index (χ2v) is 11.0. The van der Waals surface area contributed by atoms with Gasteiger partial charge in [-0.05, 0) is 43.7 Å². The van der Waals surface area contributed by atoms with E-state index < -0.39 is 48.9 Å². The largest absolute Gasteiger partial charge is 0.493 e. The summed E-state index contributed by atoms with van der Waals surface area (Å²) in [5.74, 6) is -2.62. The molecule has 0 aliphatic heterocycles. The summed E-state index contributed by atoms with van der Waals surface area (Å²) >= 11 is 0. The molecule has 12 heteroatoms. The predicted molar refractivity (Wildman–Crippen MR) is 142 cm³/mol. The fourth-order valence-corrected chi connectivity index (χ4v) is 5.51. The molecule has 0 fully saturated rings. The van der Waals surface area contributed by atoms with Crippen molar-refractivity contribution in [1.29, 1.82) is 0 Å². The molecule has 1 unspecified atom stereocenters. The average molecular weight is 572 g/mol. The van der Waals surface area contributed by atoms with Crippen LogP contribution in [0.25, 0.3) is 11.1 Å². The van der Waals surface area contributed by atoms with Gasteiger partial charge >= 0.3 is 0 Å². The summed E-state index contributed by atoms with van der Waals surface area (Å²) in [6.45, 7) is 3.32. The first-order chi connectivity index (χ1) is 19.0. The van der Waals surface area contributed by atoms with E-state index in [1.165, 1.54) is 23.8 Å². The molecular weight excluding hydrogens is 544 g/mol. The first-order valence-corrected chi connectivity index (χ1v) is 13.7. The van der Waals surface area contributed by atoms with Gasteiger partial charge in [0.1, 0.15) is 18.2 Å². The van der Waals surface area contributed by atoms with E-state index in [4.69, 9.17) is 9.47 Å². The summed E-state index contributed by atoms with van der Waals surface area (Å²) in [6, 6.07) is 13.3. The Kier molecular flexibility index (Phi) is 8.72. The van der Waals surface area contributed by atoms with Gasteiger partial charge in [0.05, 0.1) is 23.6 Å². The van der Waals surface area contributed by atoms with Crippen molar-refractivity contribution < 1.29 is 31.8 Å². The zero-order chi connectivity index (χ0) is 29.0. The number of halogens is 2. The van der Waals surface area contributed by atoms with Gasteiger partial charge in [0, 0.05) is 24.4 Å². The molecule has 0 saturated heterocycles. The van der Waals surface area contributed by atoms with Gasteiger partial charge in [-0.2, -0.15) is 9.37 Å². The predicted octanol–water partition coefficient (Wildman–Crippen LogP) is 4.28. The van der Waals surface area contributed by atoms with Gasteiger partial charge in [0.25, 0.3) is 5.56 Å². The standard InChI is InChI=1S/C28H27F2N3O6S/c1-17(2)39-16-25-32-27(34)26(28(35)33(25)23(15-38-3)18-7-5-4-6-8-18)40(36,37)20-10-11-21(22(29)13-20)19-9-12-24(30)31-14-19/h4-14,17,23,35H,15-16H2,1-3H3. The second kappa shape index (κ2) is 12.0.